The van der Waals surface area contributed by atoms with Crippen LogP contribution >= 0.6 is 0 Å². The average Bonchev–Trinajstić information content (AvgIpc) is 2.64. The molecule has 1 aliphatic heterocycles. The molecule has 6 nitrogen and oxygen atoms in total. The largest absolute Gasteiger partial charge is 0.507 e. The van der Waals surface area contributed by atoms with Crippen LogP contribution in [0.3, 0.4) is 0 Å². The number of carbonyl (C=O) groups is 2. The van der Waals surface area contributed by atoms with E-state index in [1.807, 2.05) is 11.8 Å². The van der Waals surface area contributed by atoms with Gasteiger partial charge in [-0.3, -0.25) is 14.5 Å². The van der Waals surface area contributed by atoms with Gasteiger partial charge in [-0.25, -0.2) is 4.39 Å². The number of phenolic OH excluding ortho intramolecular Hbond substituents is 1. The van der Waals surface area contributed by atoms with Gasteiger partial charge in [0.2, 0.25) is 0 Å². The minimum Gasteiger partial charge on any atom is -0.507 e. The highest BCUT2D eigenvalue weighted by Gasteiger charge is 2.20. The van der Waals surface area contributed by atoms with Crippen LogP contribution in [0.1, 0.15) is 22.8 Å². The lowest BCUT2D eigenvalue weighted by Gasteiger charge is -2.35. The summed E-state index contributed by atoms with van der Waals surface area (Å²) >= 11 is 0. The van der Waals surface area contributed by atoms with Crippen molar-refractivity contribution in [3.8, 4) is 5.75 Å². The van der Waals surface area contributed by atoms with Gasteiger partial charge in [-0.15, -0.1) is 0 Å². The fourth-order valence-corrected chi connectivity index (χ4v) is 3.33. The lowest BCUT2D eigenvalue weighted by Crippen LogP contribution is -2.48. The van der Waals surface area contributed by atoms with E-state index in [1.54, 1.807) is 31.2 Å². The van der Waals surface area contributed by atoms with Gasteiger partial charge in [-0.05, 0) is 44.2 Å². The Labute approximate surface area is 163 Å². The minimum atomic E-state index is -0.494. The van der Waals surface area contributed by atoms with Gasteiger partial charge in [0, 0.05) is 31.9 Å². The van der Waals surface area contributed by atoms with Gasteiger partial charge in [-0.2, -0.15) is 0 Å². The fourth-order valence-electron chi connectivity index (χ4n) is 3.33. The van der Waals surface area contributed by atoms with Crippen LogP contribution in [0.25, 0.3) is 0 Å². The Kier molecular flexibility index (Phi) is 5.94. The molecule has 1 amide bonds. The number of nitrogens with one attached hydrogen (secondary N) is 1. The third kappa shape index (κ3) is 4.67. The van der Waals surface area contributed by atoms with Crippen LogP contribution in [0.4, 0.5) is 15.8 Å². The molecule has 28 heavy (non-hydrogen) atoms. The Balaban J connectivity index is 1.67. The van der Waals surface area contributed by atoms with Crippen LogP contribution in [-0.4, -0.2) is 54.4 Å². The Morgan fingerprint density at radius 3 is 2.46 bits per heavy atom. The number of benzene rings is 2. The predicted octanol–water partition coefficient (Wildman–Crippen LogP) is 2.80. The summed E-state index contributed by atoms with van der Waals surface area (Å²) in [5.74, 6) is -0.916. The van der Waals surface area contributed by atoms with Crippen LogP contribution in [0.5, 0.6) is 5.75 Å². The van der Waals surface area contributed by atoms with Crippen molar-refractivity contribution in [3.63, 3.8) is 0 Å². The van der Waals surface area contributed by atoms with Crippen LogP contribution in [-0.2, 0) is 4.79 Å². The van der Waals surface area contributed by atoms with Crippen molar-refractivity contribution in [2.24, 2.45) is 0 Å². The molecule has 0 bridgehead atoms. The summed E-state index contributed by atoms with van der Waals surface area (Å²) in [6.07, 6.45) is 0. The van der Waals surface area contributed by atoms with E-state index in [1.165, 1.54) is 12.1 Å². The number of hydrogen-bond donors (Lipinski definition) is 2. The molecule has 3 rings (SSSR count). The summed E-state index contributed by atoms with van der Waals surface area (Å²) in [5, 5.41) is 12.5. The number of carbonyl (C=O) groups excluding carboxylic acids is 2. The third-order valence-electron chi connectivity index (χ3n) is 4.76. The number of nitrogens with zero attached hydrogens (tertiary/aromatic N) is 2. The number of piperazine rings is 1. The van der Waals surface area contributed by atoms with Gasteiger partial charge < -0.3 is 15.3 Å². The highest BCUT2D eigenvalue weighted by molar-refractivity contribution is 6.06. The van der Waals surface area contributed by atoms with E-state index < -0.39 is 11.7 Å². The molecule has 2 N–H and O–H groups in total. The molecule has 1 fully saturated rings. The van der Waals surface area contributed by atoms with Crippen molar-refractivity contribution in [3.05, 3.63) is 53.3 Å². The summed E-state index contributed by atoms with van der Waals surface area (Å²) in [4.78, 5) is 27.6. The SMILES string of the molecule is CC(=O)CN1CCN(c2ccc(NC(=O)c3cc(C)ccc3O)cc2F)CC1. The Bertz CT molecular complexity index is 892. The van der Waals surface area contributed by atoms with Crippen molar-refractivity contribution in [1.29, 1.82) is 0 Å². The third-order valence-corrected chi connectivity index (χ3v) is 4.76. The van der Waals surface area contributed by atoms with Crippen molar-refractivity contribution in [2.75, 3.05) is 42.9 Å². The highest BCUT2D eigenvalue weighted by atomic mass is 19.1. The molecule has 0 unspecified atom stereocenters. The van der Waals surface area contributed by atoms with Crippen LogP contribution < -0.4 is 10.2 Å². The predicted molar refractivity (Wildman–Crippen MR) is 107 cm³/mol. The van der Waals surface area contributed by atoms with Crippen LogP contribution in [0.15, 0.2) is 36.4 Å². The molecule has 0 spiro atoms. The molecule has 7 heteroatoms. The number of aryl methyl sites for hydroxylation is 1. The van der Waals surface area contributed by atoms with Gasteiger partial charge in [0.1, 0.15) is 17.3 Å². The quantitative estimate of drug-likeness (QED) is 0.828. The number of hydrogen-bond acceptors (Lipinski definition) is 5. The van der Waals surface area contributed by atoms with E-state index in [9.17, 15) is 19.1 Å². The molecule has 2 aromatic rings. The minimum absolute atomic E-state index is 0.122. The number of amides is 1. The monoisotopic (exact) mass is 385 g/mol. The van der Waals surface area contributed by atoms with Crippen molar-refractivity contribution >= 4 is 23.1 Å². The van der Waals surface area contributed by atoms with Gasteiger partial charge >= 0.3 is 0 Å². The zero-order valence-corrected chi connectivity index (χ0v) is 16.0. The summed E-state index contributed by atoms with van der Waals surface area (Å²) in [6, 6.07) is 9.31. The highest BCUT2D eigenvalue weighted by Crippen LogP contribution is 2.25. The van der Waals surface area contributed by atoms with Gasteiger partial charge in [0.15, 0.2) is 0 Å². The summed E-state index contributed by atoms with van der Waals surface area (Å²) in [6.45, 7) is 6.47. The molecule has 0 saturated carbocycles. The molecule has 0 radical (unpaired) electrons. The second-order valence-corrected chi connectivity index (χ2v) is 7.11. The lowest BCUT2D eigenvalue weighted by molar-refractivity contribution is -0.118. The van der Waals surface area contributed by atoms with E-state index in [2.05, 4.69) is 10.2 Å². The van der Waals surface area contributed by atoms with E-state index >= 15 is 0 Å². The van der Waals surface area contributed by atoms with E-state index in [0.29, 0.717) is 44.1 Å². The maximum Gasteiger partial charge on any atom is 0.259 e. The second kappa shape index (κ2) is 8.39. The molecular formula is C21H24FN3O3. The smallest absolute Gasteiger partial charge is 0.259 e. The molecule has 148 valence electrons. The number of Topliss-reactive ketones (excluding diaryl/α,β-unsaturated/α-hetero) is 1. The van der Waals surface area contributed by atoms with E-state index in [-0.39, 0.29) is 17.1 Å². The standard InChI is InChI=1S/C21H24FN3O3/c1-14-3-6-20(27)17(11-14)21(28)23-16-4-5-19(18(22)12-16)25-9-7-24(8-10-25)13-15(2)26/h3-6,11-12,27H,7-10,13H2,1-2H3,(H,23,28). The van der Waals surface area contributed by atoms with Crippen molar-refractivity contribution in [1.82, 2.24) is 4.90 Å². The Morgan fingerprint density at radius 2 is 1.82 bits per heavy atom. The molecule has 0 aromatic heterocycles. The zero-order valence-electron chi connectivity index (χ0n) is 16.0. The summed E-state index contributed by atoms with van der Waals surface area (Å²) < 4.78 is 14.6. The van der Waals surface area contributed by atoms with Crippen LogP contribution in [0, 0.1) is 12.7 Å². The first-order valence-electron chi connectivity index (χ1n) is 9.21. The summed E-state index contributed by atoms with van der Waals surface area (Å²) in [5.41, 5.74) is 1.78. The number of halogens is 1. The first-order chi connectivity index (χ1) is 13.3. The van der Waals surface area contributed by atoms with Crippen molar-refractivity contribution in [2.45, 2.75) is 13.8 Å². The first-order valence-corrected chi connectivity index (χ1v) is 9.21. The molecule has 1 saturated heterocycles. The average molecular weight is 385 g/mol. The maximum atomic E-state index is 14.6. The Morgan fingerprint density at radius 1 is 1.11 bits per heavy atom. The first kappa shape index (κ1) is 19.8. The van der Waals surface area contributed by atoms with E-state index in [0.717, 1.165) is 5.56 Å². The van der Waals surface area contributed by atoms with Crippen molar-refractivity contribution < 1.29 is 19.1 Å². The molecule has 1 aliphatic rings. The molecule has 2 aromatic carbocycles. The van der Waals surface area contributed by atoms with Gasteiger partial charge in [0.05, 0.1) is 17.8 Å². The van der Waals surface area contributed by atoms with E-state index in [4.69, 9.17) is 0 Å². The summed E-state index contributed by atoms with van der Waals surface area (Å²) in [7, 11) is 0. The second-order valence-electron chi connectivity index (χ2n) is 7.11. The molecule has 0 atom stereocenters. The fraction of sp³-hybridized carbons (Fsp3) is 0.333. The number of phenols is 1. The number of ketones is 1. The lowest BCUT2D eigenvalue weighted by atomic mass is 10.1. The number of aromatic hydroxyl groups is 1. The Hall–Kier alpha value is -2.93. The maximum absolute atomic E-state index is 14.6. The topological polar surface area (TPSA) is 72.9 Å². The molecule has 1 heterocycles. The van der Waals surface area contributed by atoms with Gasteiger partial charge in [0.25, 0.3) is 5.91 Å². The number of rotatable bonds is 5. The zero-order chi connectivity index (χ0) is 20.3. The molecular weight excluding hydrogens is 361 g/mol. The molecule has 0 aliphatic carbocycles. The number of anilines is 2. The van der Waals surface area contributed by atoms with Crippen LogP contribution in [0.2, 0.25) is 0 Å². The van der Waals surface area contributed by atoms with Gasteiger partial charge in [-0.1, -0.05) is 11.6 Å². The normalized spacial score (nSPS) is 14.8.